The molecule has 2 nitrogen and oxygen atoms in total. The van der Waals surface area contributed by atoms with Crippen molar-refractivity contribution in [3.05, 3.63) is 69.9 Å². The molecule has 3 rings (SSSR count). The van der Waals surface area contributed by atoms with E-state index in [-0.39, 0.29) is 5.91 Å². The Morgan fingerprint density at radius 1 is 1.28 bits per heavy atom. The molecule has 0 aliphatic carbocycles. The van der Waals surface area contributed by atoms with E-state index >= 15 is 0 Å². The molecule has 25 heavy (non-hydrogen) atoms. The molecule has 2 aromatic rings. The first kappa shape index (κ1) is 17.7. The van der Waals surface area contributed by atoms with E-state index in [1.54, 1.807) is 11.3 Å². The van der Waals surface area contributed by atoms with Gasteiger partial charge in [0.25, 0.3) is 5.91 Å². The maximum absolute atomic E-state index is 13.0. The molecule has 1 aromatic carbocycles. The summed E-state index contributed by atoms with van der Waals surface area (Å²) in [5.74, 6) is 0.836. The lowest BCUT2D eigenvalue weighted by Crippen LogP contribution is -2.39. The third-order valence-corrected chi connectivity index (χ3v) is 5.87. The van der Waals surface area contributed by atoms with Gasteiger partial charge in [-0.2, -0.15) is 0 Å². The monoisotopic (exact) mass is 351 g/mol. The van der Waals surface area contributed by atoms with Crippen molar-refractivity contribution in [3.8, 4) is 0 Å². The van der Waals surface area contributed by atoms with Gasteiger partial charge in [0, 0.05) is 28.9 Å². The molecule has 0 spiro atoms. The molecular formula is C22H25NOS. The lowest BCUT2D eigenvalue weighted by atomic mass is 9.90. The highest BCUT2D eigenvalue weighted by atomic mass is 32.1. The smallest absolute Gasteiger partial charge is 0.255 e. The standard InChI is InChI=1S/C22H25NOS/c1-3-8-19-20(16-25-21(19)4-2)22(24)23-13-11-18(12-14-23)15-17-9-6-5-7-10-17/h3-10,16,18H,2,11-15H2,1H3/b8-3-. The summed E-state index contributed by atoms with van der Waals surface area (Å²) in [6.45, 7) is 7.54. The Morgan fingerprint density at radius 3 is 2.64 bits per heavy atom. The van der Waals surface area contributed by atoms with Crippen LogP contribution in [0.2, 0.25) is 0 Å². The molecule has 0 radical (unpaired) electrons. The third-order valence-electron chi connectivity index (χ3n) is 4.88. The summed E-state index contributed by atoms with van der Waals surface area (Å²) < 4.78 is 0. The van der Waals surface area contributed by atoms with Crippen LogP contribution in [0.4, 0.5) is 0 Å². The van der Waals surface area contributed by atoms with E-state index in [1.165, 1.54) is 5.56 Å². The predicted octanol–water partition coefficient (Wildman–Crippen LogP) is 5.52. The fourth-order valence-electron chi connectivity index (χ4n) is 3.50. The average molecular weight is 352 g/mol. The second kappa shape index (κ2) is 8.30. The van der Waals surface area contributed by atoms with Crippen LogP contribution in [0.1, 0.15) is 46.1 Å². The fraction of sp³-hybridized carbons (Fsp3) is 0.318. The van der Waals surface area contributed by atoms with Gasteiger partial charge >= 0.3 is 0 Å². The predicted molar refractivity (Wildman–Crippen MR) is 108 cm³/mol. The lowest BCUT2D eigenvalue weighted by molar-refractivity contribution is 0.0691. The Kier molecular flexibility index (Phi) is 5.87. The van der Waals surface area contributed by atoms with Crippen LogP contribution in [-0.2, 0) is 6.42 Å². The van der Waals surface area contributed by atoms with Crippen molar-refractivity contribution < 1.29 is 4.79 Å². The molecule has 1 saturated heterocycles. The number of carbonyl (C=O) groups excluding carboxylic acids is 1. The average Bonchev–Trinajstić information content (AvgIpc) is 3.06. The van der Waals surface area contributed by atoms with Gasteiger partial charge in [-0.1, -0.05) is 55.1 Å². The number of likely N-dealkylation sites (tertiary alicyclic amines) is 1. The van der Waals surface area contributed by atoms with Gasteiger partial charge in [-0.3, -0.25) is 4.79 Å². The molecule has 1 amide bonds. The maximum Gasteiger partial charge on any atom is 0.255 e. The number of rotatable bonds is 5. The quantitative estimate of drug-likeness (QED) is 0.694. The minimum Gasteiger partial charge on any atom is -0.339 e. The second-order valence-corrected chi connectivity index (χ2v) is 7.47. The van der Waals surface area contributed by atoms with Gasteiger partial charge in [0.2, 0.25) is 0 Å². The summed E-state index contributed by atoms with van der Waals surface area (Å²) in [4.78, 5) is 16.0. The molecule has 0 atom stereocenters. The number of hydrogen-bond donors (Lipinski definition) is 0. The number of thiophene rings is 1. The molecule has 130 valence electrons. The van der Waals surface area contributed by atoms with E-state index < -0.39 is 0 Å². The molecule has 1 aliphatic heterocycles. The molecular weight excluding hydrogens is 326 g/mol. The van der Waals surface area contributed by atoms with E-state index in [2.05, 4.69) is 36.9 Å². The van der Waals surface area contributed by atoms with Crippen LogP contribution < -0.4 is 0 Å². The zero-order valence-electron chi connectivity index (χ0n) is 14.8. The van der Waals surface area contributed by atoms with Crippen LogP contribution in [0.15, 0.2) is 48.4 Å². The number of benzene rings is 1. The number of nitrogens with zero attached hydrogens (tertiary/aromatic N) is 1. The van der Waals surface area contributed by atoms with Crippen LogP contribution in [0.25, 0.3) is 12.2 Å². The van der Waals surface area contributed by atoms with Crippen molar-refractivity contribution in [3.63, 3.8) is 0 Å². The van der Waals surface area contributed by atoms with E-state index in [0.29, 0.717) is 5.92 Å². The molecule has 0 saturated carbocycles. The Bertz CT molecular complexity index is 752. The number of amides is 1. The SMILES string of the molecule is C=Cc1scc(C(=O)N2CCC(Cc3ccccc3)CC2)c1/C=C\C. The normalized spacial score (nSPS) is 15.6. The van der Waals surface area contributed by atoms with Crippen LogP contribution in [0, 0.1) is 5.92 Å². The minimum absolute atomic E-state index is 0.163. The first-order valence-corrected chi connectivity index (χ1v) is 9.80. The van der Waals surface area contributed by atoms with E-state index in [0.717, 1.165) is 48.4 Å². The molecule has 1 fully saturated rings. The molecule has 0 N–H and O–H groups in total. The summed E-state index contributed by atoms with van der Waals surface area (Å²) in [6.07, 6.45) is 9.12. The van der Waals surface area contributed by atoms with Gasteiger partial charge in [-0.05, 0) is 37.7 Å². The summed E-state index contributed by atoms with van der Waals surface area (Å²) in [6, 6.07) is 10.7. The molecule has 0 unspecified atom stereocenters. The Labute approximate surface area is 154 Å². The minimum atomic E-state index is 0.163. The first-order valence-electron chi connectivity index (χ1n) is 8.92. The van der Waals surface area contributed by atoms with E-state index in [9.17, 15) is 4.79 Å². The van der Waals surface area contributed by atoms with Crippen molar-refractivity contribution in [2.24, 2.45) is 5.92 Å². The number of piperidine rings is 1. The highest BCUT2D eigenvalue weighted by Gasteiger charge is 2.26. The van der Waals surface area contributed by atoms with E-state index in [4.69, 9.17) is 0 Å². The van der Waals surface area contributed by atoms with Gasteiger partial charge in [0.1, 0.15) is 0 Å². The molecule has 1 aromatic heterocycles. The van der Waals surface area contributed by atoms with Crippen LogP contribution >= 0.6 is 11.3 Å². The summed E-state index contributed by atoms with van der Waals surface area (Å²) >= 11 is 1.59. The largest absolute Gasteiger partial charge is 0.339 e. The highest BCUT2D eigenvalue weighted by Crippen LogP contribution is 2.29. The fourth-order valence-corrected chi connectivity index (χ4v) is 4.38. The van der Waals surface area contributed by atoms with Crippen LogP contribution in [0.5, 0.6) is 0 Å². The Hall–Kier alpha value is -2.13. The zero-order chi connectivity index (χ0) is 17.6. The van der Waals surface area contributed by atoms with Gasteiger partial charge in [-0.15, -0.1) is 11.3 Å². The summed E-state index contributed by atoms with van der Waals surface area (Å²) in [5.41, 5.74) is 3.23. The third kappa shape index (κ3) is 4.10. The van der Waals surface area contributed by atoms with Gasteiger partial charge in [0.15, 0.2) is 0 Å². The molecule has 3 heteroatoms. The van der Waals surface area contributed by atoms with Gasteiger partial charge in [-0.25, -0.2) is 0 Å². The van der Waals surface area contributed by atoms with Gasteiger partial charge in [0.05, 0.1) is 5.56 Å². The van der Waals surface area contributed by atoms with E-state index in [1.807, 2.05) is 35.4 Å². The first-order chi connectivity index (χ1) is 12.2. The van der Waals surface area contributed by atoms with Crippen molar-refractivity contribution in [2.75, 3.05) is 13.1 Å². The lowest BCUT2D eigenvalue weighted by Gasteiger charge is -2.32. The zero-order valence-corrected chi connectivity index (χ0v) is 15.6. The summed E-state index contributed by atoms with van der Waals surface area (Å²) in [7, 11) is 0. The second-order valence-electron chi connectivity index (χ2n) is 6.56. The maximum atomic E-state index is 13.0. The van der Waals surface area contributed by atoms with Gasteiger partial charge < -0.3 is 4.90 Å². The number of allylic oxidation sites excluding steroid dienone is 1. The highest BCUT2D eigenvalue weighted by molar-refractivity contribution is 7.11. The van der Waals surface area contributed by atoms with Crippen molar-refractivity contribution >= 4 is 29.4 Å². The Morgan fingerprint density at radius 2 is 2.00 bits per heavy atom. The van der Waals surface area contributed by atoms with Crippen LogP contribution in [-0.4, -0.2) is 23.9 Å². The molecule has 2 heterocycles. The molecule has 0 bridgehead atoms. The topological polar surface area (TPSA) is 20.3 Å². The summed E-state index contributed by atoms with van der Waals surface area (Å²) in [5, 5.41) is 1.98. The number of carbonyl (C=O) groups is 1. The number of hydrogen-bond acceptors (Lipinski definition) is 2. The van der Waals surface area contributed by atoms with Crippen molar-refractivity contribution in [1.82, 2.24) is 4.90 Å². The Balaban J connectivity index is 1.64. The van der Waals surface area contributed by atoms with Crippen LogP contribution in [0.3, 0.4) is 0 Å². The molecule has 1 aliphatic rings. The van der Waals surface area contributed by atoms with Crippen molar-refractivity contribution in [1.29, 1.82) is 0 Å². The van der Waals surface area contributed by atoms with Crippen molar-refractivity contribution in [2.45, 2.75) is 26.2 Å².